The Morgan fingerprint density at radius 2 is 2.20 bits per heavy atom. The molecular weight excluding hydrogens is 212 g/mol. The minimum Gasteiger partial charge on any atom is -0.334 e. The van der Waals surface area contributed by atoms with Crippen molar-refractivity contribution in [3.8, 4) is 11.5 Å². The van der Waals surface area contributed by atoms with Gasteiger partial charge in [-0.15, -0.1) is 11.6 Å². The van der Waals surface area contributed by atoms with Gasteiger partial charge < -0.3 is 4.52 Å². The highest BCUT2D eigenvalue weighted by atomic mass is 35.5. The van der Waals surface area contributed by atoms with Gasteiger partial charge in [-0.05, 0) is 26.0 Å². The van der Waals surface area contributed by atoms with E-state index in [2.05, 4.69) is 10.1 Å². The van der Waals surface area contributed by atoms with E-state index in [-0.39, 0.29) is 5.38 Å². The monoisotopic (exact) mass is 222 g/mol. The topological polar surface area (TPSA) is 38.9 Å². The molecule has 0 saturated heterocycles. The van der Waals surface area contributed by atoms with Crippen LogP contribution in [0.2, 0.25) is 0 Å². The first-order valence-electron chi connectivity index (χ1n) is 4.71. The third-order valence-corrected chi connectivity index (χ3v) is 2.26. The van der Waals surface area contributed by atoms with E-state index < -0.39 is 0 Å². The molecule has 15 heavy (non-hydrogen) atoms. The highest BCUT2D eigenvalue weighted by Crippen LogP contribution is 2.22. The van der Waals surface area contributed by atoms with Crippen LogP contribution in [0.1, 0.15) is 23.7 Å². The first kappa shape index (κ1) is 10.2. The molecule has 1 unspecified atom stereocenters. The molecule has 0 aliphatic heterocycles. The fraction of sp³-hybridized carbons (Fsp3) is 0.273. The summed E-state index contributed by atoms with van der Waals surface area (Å²) in [4.78, 5) is 4.21. The third-order valence-electron chi connectivity index (χ3n) is 2.06. The summed E-state index contributed by atoms with van der Waals surface area (Å²) >= 11 is 5.85. The molecule has 0 saturated carbocycles. The van der Waals surface area contributed by atoms with Crippen molar-refractivity contribution in [3.05, 3.63) is 35.7 Å². The van der Waals surface area contributed by atoms with E-state index in [1.807, 2.05) is 38.1 Å². The van der Waals surface area contributed by atoms with Crippen LogP contribution in [0.25, 0.3) is 11.5 Å². The van der Waals surface area contributed by atoms with Crippen LogP contribution in [-0.4, -0.2) is 10.1 Å². The summed E-state index contributed by atoms with van der Waals surface area (Å²) in [5.74, 6) is 1.04. The highest BCUT2D eigenvalue weighted by molar-refractivity contribution is 6.20. The zero-order valence-corrected chi connectivity index (χ0v) is 9.32. The van der Waals surface area contributed by atoms with E-state index in [1.165, 1.54) is 0 Å². The Labute approximate surface area is 93.1 Å². The lowest BCUT2D eigenvalue weighted by atomic mass is 10.1. The van der Waals surface area contributed by atoms with Crippen LogP contribution in [0.3, 0.4) is 0 Å². The second-order valence-electron chi connectivity index (χ2n) is 3.44. The number of alkyl halides is 1. The number of nitrogens with zero attached hydrogens (tertiary/aromatic N) is 2. The number of halogens is 1. The average molecular weight is 223 g/mol. The highest BCUT2D eigenvalue weighted by Gasteiger charge is 2.12. The van der Waals surface area contributed by atoms with Crippen molar-refractivity contribution in [3.63, 3.8) is 0 Å². The standard InChI is InChI=1S/C11H11ClN2O/c1-7-4-3-5-9(6-7)11-13-10(8(2)12)14-15-11/h3-6,8H,1-2H3. The van der Waals surface area contributed by atoms with Crippen molar-refractivity contribution in [1.29, 1.82) is 0 Å². The number of hydrogen-bond acceptors (Lipinski definition) is 3. The number of rotatable bonds is 2. The van der Waals surface area contributed by atoms with Crippen molar-refractivity contribution in [1.82, 2.24) is 10.1 Å². The molecule has 0 bridgehead atoms. The predicted molar refractivity (Wildman–Crippen MR) is 58.7 cm³/mol. The van der Waals surface area contributed by atoms with Crippen molar-refractivity contribution >= 4 is 11.6 Å². The van der Waals surface area contributed by atoms with E-state index in [1.54, 1.807) is 0 Å². The van der Waals surface area contributed by atoms with Gasteiger partial charge in [0.05, 0.1) is 5.38 Å². The minimum atomic E-state index is -0.229. The first-order valence-corrected chi connectivity index (χ1v) is 5.15. The molecule has 0 spiro atoms. The van der Waals surface area contributed by atoms with Gasteiger partial charge in [0.25, 0.3) is 5.89 Å². The lowest BCUT2D eigenvalue weighted by Gasteiger charge is -1.95. The van der Waals surface area contributed by atoms with Crippen molar-refractivity contribution in [2.24, 2.45) is 0 Å². The maximum atomic E-state index is 5.85. The first-order chi connectivity index (χ1) is 7.16. The molecular formula is C11H11ClN2O. The molecule has 4 heteroatoms. The largest absolute Gasteiger partial charge is 0.334 e. The average Bonchev–Trinajstić information content (AvgIpc) is 2.66. The van der Waals surface area contributed by atoms with Gasteiger partial charge >= 0.3 is 0 Å². The summed E-state index contributed by atoms with van der Waals surface area (Å²) in [7, 11) is 0. The second-order valence-corrected chi connectivity index (χ2v) is 4.10. The maximum absolute atomic E-state index is 5.85. The lowest BCUT2D eigenvalue weighted by Crippen LogP contribution is -1.86. The summed E-state index contributed by atoms with van der Waals surface area (Å²) < 4.78 is 5.12. The normalized spacial score (nSPS) is 12.7. The summed E-state index contributed by atoms with van der Waals surface area (Å²) in [6.45, 7) is 3.83. The van der Waals surface area contributed by atoms with Crippen LogP contribution in [0.4, 0.5) is 0 Å². The van der Waals surface area contributed by atoms with Gasteiger partial charge in [-0.1, -0.05) is 22.9 Å². The summed E-state index contributed by atoms with van der Waals surface area (Å²) in [5.41, 5.74) is 2.08. The smallest absolute Gasteiger partial charge is 0.257 e. The van der Waals surface area contributed by atoms with Crippen LogP contribution >= 0.6 is 11.6 Å². The fourth-order valence-electron chi connectivity index (χ4n) is 1.29. The molecule has 1 aromatic heterocycles. The predicted octanol–water partition coefficient (Wildman–Crippen LogP) is 3.34. The zero-order chi connectivity index (χ0) is 10.8. The number of hydrogen-bond donors (Lipinski definition) is 0. The van der Waals surface area contributed by atoms with Crippen LogP contribution < -0.4 is 0 Å². The molecule has 1 atom stereocenters. The van der Waals surface area contributed by atoms with E-state index >= 15 is 0 Å². The maximum Gasteiger partial charge on any atom is 0.257 e. The fourth-order valence-corrected chi connectivity index (χ4v) is 1.38. The van der Waals surface area contributed by atoms with Gasteiger partial charge in [-0.25, -0.2) is 0 Å². The molecule has 3 nitrogen and oxygen atoms in total. The van der Waals surface area contributed by atoms with Gasteiger partial charge in [0.15, 0.2) is 5.82 Å². The van der Waals surface area contributed by atoms with Crippen LogP contribution in [0, 0.1) is 6.92 Å². The Morgan fingerprint density at radius 1 is 1.40 bits per heavy atom. The second kappa shape index (κ2) is 4.03. The summed E-state index contributed by atoms with van der Waals surface area (Å²) in [6.07, 6.45) is 0. The number of aryl methyl sites for hydroxylation is 1. The van der Waals surface area contributed by atoms with Gasteiger partial charge in [-0.2, -0.15) is 4.98 Å². The Kier molecular flexibility index (Phi) is 2.73. The molecule has 0 amide bonds. The number of benzene rings is 1. The molecule has 1 heterocycles. The van der Waals surface area contributed by atoms with E-state index in [0.29, 0.717) is 11.7 Å². The van der Waals surface area contributed by atoms with Crippen molar-refractivity contribution in [2.45, 2.75) is 19.2 Å². The molecule has 78 valence electrons. The van der Waals surface area contributed by atoms with E-state index in [4.69, 9.17) is 16.1 Å². The van der Waals surface area contributed by atoms with Gasteiger partial charge in [0, 0.05) is 5.56 Å². The summed E-state index contributed by atoms with van der Waals surface area (Å²) in [6, 6.07) is 7.91. The van der Waals surface area contributed by atoms with Crippen LogP contribution in [0.5, 0.6) is 0 Å². The molecule has 2 rings (SSSR count). The van der Waals surface area contributed by atoms with Crippen molar-refractivity contribution in [2.75, 3.05) is 0 Å². The summed E-state index contributed by atoms with van der Waals surface area (Å²) in [5, 5.41) is 3.57. The Morgan fingerprint density at radius 3 is 2.80 bits per heavy atom. The lowest BCUT2D eigenvalue weighted by molar-refractivity contribution is 0.422. The quantitative estimate of drug-likeness (QED) is 0.732. The third kappa shape index (κ3) is 2.18. The molecule has 0 radical (unpaired) electrons. The Balaban J connectivity index is 2.37. The molecule has 0 aliphatic carbocycles. The Hall–Kier alpha value is -1.35. The van der Waals surface area contributed by atoms with E-state index in [9.17, 15) is 0 Å². The molecule has 2 aromatic rings. The molecule has 1 aromatic carbocycles. The molecule has 0 fully saturated rings. The van der Waals surface area contributed by atoms with Gasteiger partial charge in [0.1, 0.15) is 0 Å². The Bertz CT molecular complexity index is 465. The zero-order valence-electron chi connectivity index (χ0n) is 8.57. The van der Waals surface area contributed by atoms with Crippen LogP contribution in [0.15, 0.2) is 28.8 Å². The van der Waals surface area contributed by atoms with Gasteiger partial charge in [0.2, 0.25) is 0 Å². The molecule has 0 N–H and O–H groups in total. The van der Waals surface area contributed by atoms with Crippen molar-refractivity contribution < 1.29 is 4.52 Å². The number of aromatic nitrogens is 2. The molecule has 0 aliphatic rings. The van der Waals surface area contributed by atoms with E-state index in [0.717, 1.165) is 11.1 Å². The van der Waals surface area contributed by atoms with Gasteiger partial charge in [-0.3, -0.25) is 0 Å². The van der Waals surface area contributed by atoms with Crippen LogP contribution in [-0.2, 0) is 0 Å². The minimum absolute atomic E-state index is 0.229. The SMILES string of the molecule is Cc1cccc(-c2nc(C(C)Cl)no2)c1.